The number of hydrogen-bond donors (Lipinski definition) is 0. The van der Waals surface area contributed by atoms with Crippen molar-refractivity contribution in [3.8, 4) is 0 Å². The average molecular weight is 485 g/mol. The highest BCUT2D eigenvalue weighted by atomic mass is 32.2. The summed E-state index contributed by atoms with van der Waals surface area (Å²) in [6.45, 7) is 7.63. The van der Waals surface area contributed by atoms with Gasteiger partial charge < -0.3 is 0 Å². The smallest absolute Gasteiger partial charge is 0.262 e. The molecule has 0 unspecified atom stereocenters. The molecule has 4 aromatic rings. The van der Waals surface area contributed by atoms with E-state index in [1.807, 2.05) is 43.5 Å². The number of benzene rings is 1. The van der Waals surface area contributed by atoms with Crippen molar-refractivity contribution >= 4 is 61.4 Å². The van der Waals surface area contributed by atoms with Crippen LogP contribution in [0.1, 0.15) is 35.5 Å². The van der Waals surface area contributed by atoms with Crippen LogP contribution in [-0.2, 0) is 24.0 Å². The minimum absolute atomic E-state index is 0.0170. The van der Waals surface area contributed by atoms with E-state index in [-0.39, 0.29) is 11.5 Å². The first kappa shape index (κ1) is 22.7. The lowest BCUT2D eigenvalue weighted by Gasteiger charge is -2.18. The minimum Gasteiger partial charge on any atom is -0.290 e. The molecule has 32 heavy (non-hydrogen) atoms. The van der Waals surface area contributed by atoms with E-state index in [1.54, 1.807) is 34.8 Å². The number of carbonyl (C=O) groups is 1. The number of thioether (sulfide) groups is 1. The van der Waals surface area contributed by atoms with Gasteiger partial charge in [0.1, 0.15) is 4.83 Å². The van der Waals surface area contributed by atoms with E-state index in [1.165, 1.54) is 28.7 Å². The molecule has 1 aromatic carbocycles. The number of aryl methyl sites for hydroxylation is 3. The van der Waals surface area contributed by atoms with Gasteiger partial charge in [-0.1, -0.05) is 30.8 Å². The Morgan fingerprint density at radius 1 is 1.19 bits per heavy atom. The van der Waals surface area contributed by atoms with Gasteiger partial charge in [-0.05, 0) is 43.5 Å². The summed E-state index contributed by atoms with van der Waals surface area (Å²) >= 11 is 4.47. The lowest BCUT2D eigenvalue weighted by Crippen LogP contribution is -2.22. The average Bonchev–Trinajstić information content (AvgIpc) is 3.34. The van der Waals surface area contributed by atoms with Gasteiger partial charge in [0.05, 0.1) is 16.8 Å². The summed E-state index contributed by atoms with van der Waals surface area (Å²) in [5.74, 6) is 0.479. The van der Waals surface area contributed by atoms with Gasteiger partial charge in [0.15, 0.2) is 10.3 Å². The van der Waals surface area contributed by atoms with Crippen molar-refractivity contribution in [1.82, 2.24) is 14.5 Å². The van der Waals surface area contributed by atoms with Crippen LogP contribution in [0.15, 0.2) is 39.6 Å². The molecule has 1 amide bonds. The van der Waals surface area contributed by atoms with Crippen LogP contribution >= 0.6 is 34.4 Å². The molecular formula is C23H24N4O2S3. The van der Waals surface area contributed by atoms with E-state index in [4.69, 9.17) is 4.98 Å². The van der Waals surface area contributed by atoms with Crippen LogP contribution in [-0.4, -0.2) is 20.4 Å². The lowest BCUT2D eigenvalue weighted by atomic mass is 10.1. The standard InChI is InChI=1S/C23H24N4O2S3/c1-6-16-7-9-18(10-8-16)27(15(4)28)23-24-17(12-31-23)11-30-22-25-20-19(21(29)26(22)5)13(2)14(3)32-20/h7-10,12H,6,11H2,1-5H3. The monoisotopic (exact) mass is 484 g/mol. The molecule has 0 N–H and O–H groups in total. The van der Waals surface area contributed by atoms with Crippen LogP contribution in [0, 0.1) is 13.8 Å². The van der Waals surface area contributed by atoms with E-state index in [0.29, 0.717) is 21.4 Å². The van der Waals surface area contributed by atoms with E-state index in [0.717, 1.165) is 33.1 Å². The number of aromatic nitrogens is 3. The van der Waals surface area contributed by atoms with Crippen LogP contribution in [0.25, 0.3) is 10.2 Å². The van der Waals surface area contributed by atoms with Crippen molar-refractivity contribution in [2.24, 2.45) is 7.05 Å². The number of thiophene rings is 1. The first-order valence-electron chi connectivity index (χ1n) is 10.2. The molecule has 0 saturated heterocycles. The third-order valence-corrected chi connectivity index (χ3v) is 8.41. The fourth-order valence-electron chi connectivity index (χ4n) is 3.40. The zero-order chi connectivity index (χ0) is 23.0. The van der Waals surface area contributed by atoms with Crippen LogP contribution < -0.4 is 10.5 Å². The Balaban J connectivity index is 1.57. The first-order chi connectivity index (χ1) is 15.3. The third kappa shape index (κ3) is 4.24. The molecule has 166 valence electrons. The van der Waals surface area contributed by atoms with Crippen molar-refractivity contribution in [2.75, 3.05) is 4.90 Å². The summed E-state index contributed by atoms with van der Waals surface area (Å²) in [5.41, 5.74) is 3.87. The number of fused-ring (bicyclic) bond motifs is 1. The van der Waals surface area contributed by atoms with Gasteiger partial charge >= 0.3 is 0 Å². The maximum Gasteiger partial charge on any atom is 0.262 e. The Hall–Kier alpha value is -2.49. The van der Waals surface area contributed by atoms with Gasteiger partial charge in [0.2, 0.25) is 5.91 Å². The molecule has 3 aromatic heterocycles. The lowest BCUT2D eigenvalue weighted by molar-refractivity contribution is -0.115. The van der Waals surface area contributed by atoms with Crippen LogP contribution in [0.3, 0.4) is 0 Å². The Bertz CT molecular complexity index is 1350. The number of anilines is 2. The number of carbonyl (C=O) groups excluding carboxylic acids is 1. The maximum absolute atomic E-state index is 12.8. The second kappa shape index (κ2) is 9.17. The molecule has 6 nitrogen and oxygen atoms in total. The summed E-state index contributed by atoms with van der Waals surface area (Å²) in [6, 6.07) is 7.98. The number of nitrogens with zero attached hydrogens (tertiary/aromatic N) is 4. The topological polar surface area (TPSA) is 68.1 Å². The van der Waals surface area contributed by atoms with Gasteiger partial charge in [-0.15, -0.1) is 22.7 Å². The highest BCUT2D eigenvalue weighted by molar-refractivity contribution is 7.98. The highest BCUT2D eigenvalue weighted by Crippen LogP contribution is 2.32. The molecule has 0 aliphatic rings. The molecule has 4 rings (SSSR count). The van der Waals surface area contributed by atoms with Crippen LogP contribution in [0.2, 0.25) is 0 Å². The fourth-order valence-corrected chi connectivity index (χ4v) is 6.32. The Kier molecular flexibility index (Phi) is 6.50. The minimum atomic E-state index is -0.0826. The second-order valence-corrected chi connectivity index (χ2v) is 10.5. The number of amides is 1. The molecule has 0 saturated carbocycles. The molecule has 3 heterocycles. The van der Waals surface area contributed by atoms with Crippen molar-refractivity contribution in [1.29, 1.82) is 0 Å². The summed E-state index contributed by atoms with van der Waals surface area (Å²) < 4.78 is 1.61. The molecule has 0 atom stereocenters. The van der Waals surface area contributed by atoms with Crippen molar-refractivity contribution in [3.63, 3.8) is 0 Å². The summed E-state index contributed by atoms with van der Waals surface area (Å²) in [5, 5.41) is 3.96. The molecular weight excluding hydrogens is 460 g/mol. The number of hydrogen-bond acceptors (Lipinski definition) is 7. The molecule has 0 radical (unpaired) electrons. The Morgan fingerprint density at radius 2 is 1.91 bits per heavy atom. The molecule has 0 aliphatic heterocycles. The molecule has 0 spiro atoms. The highest BCUT2D eigenvalue weighted by Gasteiger charge is 2.19. The van der Waals surface area contributed by atoms with E-state index in [9.17, 15) is 9.59 Å². The zero-order valence-electron chi connectivity index (χ0n) is 18.6. The Labute approximate surface area is 199 Å². The molecule has 9 heteroatoms. The van der Waals surface area contributed by atoms with E-state index >= 15 is 0 Å². The number of rotatable bonds is 6. The SMILES string of the molecule is CCc1ccc(N(C(C)=O)c2nc(CSc3nc4sc(C)c(C)c4c(=O)n3C)cs2)cc1. The van der Waals surface area contributed by atoms with Crippen LogP contribution in [0.4, 0.5) is 10.8 Å². The van der Waals surface area contributed by atoms with Crippen molar-refractivity contribution in [3.05, 3.63) is 61.7 Å². The largest absolute Gasteiger partial charge is 0.290 e. The Morgan fingerprint density at radius 3 is 2.56 bits per heavy atom. The van der Waals surface area contributed by atoms with Gasteiger partial charge in [-0.25, -0.2) is 9.97 Å². The van der Waals surface area contributed by atoms with Gasteiger partial charge in [0, 0.05) is 30.0 Å². The van der Waals surface area contributed by atoms with Gasteiger partial charge in [-0.2, -0.15) is 0 Å². The maximum atomic E-state index is 12.8. The van der Waals surface area contributed by atoms with Crippen molar-refractivity contribution < 1.29 is 4.79 Å². The first-order valence-corrected chi connectivity index (χ1v) is 12.9. The van der Waals surface area contributed by atoms with Crippen molar-refractivity contribution in [2.45, 2.75) is 45.0 Å². The van der Waals surface area contributed by atoms with E-state index < -0.39 is 0 Å². The number of thiazole rings is 1. The molecule has 0 fully saturated rings. The predicted molar refractivity (Wildman–Crippen MR) is 135 cm³/mol. The quantitative estimate of drug-likeness (QED) is 0.263. The van der Waals surface area contributed by atoms with Crippen LogP contribution in [0.5, 0.6) is 0 Å². The fraction of sp³-hybridized carbons (Fsp3) is 0.304. The predicted octanol–water partition coefficient (Wildman–Crippen LogP) is 5.61. The summed E-state index contributed by atoms with van der Waals surface area (Å²) in [6.07, 6.45) is 0.950. The summed E-state index contributed by atoms with van der Waals surface area (Å²) in [7, 11) is 1.76. The second-order valence-electron chi connectivity index (χ2n) is 7.51. The van der Waals surface area contributed by atoms with E-state index in [2.05, 4.69) is 11.9 Å². The normalized spacial score (nSPS) is 11.3. The van der Waals surface area contributed by atoms with Gasteiger partial charge in [0.25, 0.3) is 5.56 Å². The molecule has 0 bridgehead atoms. The molecule has 0 aliphatic carbocycles. The zero-order valence-corrected chi connectivity index (χ0v) is 21.1. The summed E-state index contributed by atoms with van der Waals surface area (Å²) in [4.78, 5) is 38.1. The van der Waals surface area contributed by atoms with Gasteiger partial charge in [-0.3, -0.25) is 19.1 Å². The third-order valence-electron chi connectivity index (χ3n) is 5.37.